The van der Waals surface area contributed by atoms with Gasteiger partial charge in [-0.3, -0.25) is 0 Å². The van der Waals surface area contributed by atoms with Gasteiger partial charge < -0.3 is 9.52 Å². The molecule has 0 saturated heterocycles. The second kappa shape index (κ2) is 6.89. The van der Waals surface area contributed by atoms with Crippen LogP contribution in [0.5, 0.6) is 0 Å². The molecule has 2 aromatic rings. The van der Waals surface area contributed by atoms with Crippen molar-refractivity contribution in [1.29, 1.82) is 0 Å². The lowest BCUT2D eigenvalue weighted by atomic mass is 10.1. The minimum absolute atomic E-state index is 0.127. The second-order valence-electron chi connectivity index (χ2n) is 4.81. The SMILES string of the molecule is Cc1ccc(CNS(=O)(=O)c2ccc(CCCO)cc2)o1. The summed E-state index contributed by atoms with van der Waals surface area (Å²) < 4.78 is 32.1. The van der Waals surface area contributed by atoms with Crippen molar-refractivity contribution in [3.05, 3.63) is 53.5 Å². The van der Waals surface area contributed by atoms with E-state index in [1.807, 2.05) is 6.92 Å². The average molecular weight is 309 g/mol. The molecule has 0 spiro atoms. The minimum Gasteiger partial charge on any atom is -0.465 e. The van der Waals surface area contributed by atoms with E-state index in [1.54, 1.807) is 36.4 Å². The highest BCUT2D eigenvalue weighted by Gasteiger charge is 2.14. The molecule has 0 radical (unpaired) electrons. The van der Waals surface area contributed by atoms with Crippen LogP contribution >= 0.6 is 0 Å². The van der Waals surface area contributed by atoms with Gasteiger partial charge in [0.25, 0.3) is 0 Å². The van der Waals surface area contributed by atoms with Gasteiger partial charge in [0.1, 0.15) is 11.5 Å². The van der Waals surface area contributed by atoms with E-state index in [0.29, 0.717) is 12.2 Å². The number of aryl methyl sites for hydroxylation is 2. The molecule has 5 nitrogen and oxygen atoms in total. The fourth-order valence-corrected chi connectivity index (χ4v) is 2.94. The van der Waals surface area contributed by atoms with Crippen LogP contribution in [-0.4, -0.2) is 20.1 Å². The molecule has 21 heavy (non-hydrogen) atoms. The topological polar surface area (TPSA) is 79.5 Å². The maximum absolute atomic E-state index is 12.1. The third-order valence-electron chi connectivity index (χ3n) is 3.09. The summed E-state index contributed by atoms with van der Waals surface area (Å²) in [6.45, 7) is 2.07. The first-order chi connectivity index (χ1) is 10.0. The molecule has 0 bridgehead atoms. The Kier molecular flexibility index (Phi) is 5.17. The van der Waals surface area contributed by atoms with Crippen LogP contribution in [0.4, 0.5) is 0 Å². The van der Waals surface area contributed by atoms with Gasteiger partial charge in [0, 0.05) is 6.61 Å². The van der Waals surface area contributed by atoms with E-state index in [9.17, 15) is 8.42 Å². The van der Waals surface area contributed by atoms with Crippen LogP contribution in [0, 0.1) is 6.92 Å². The molecule has 2 rings (SSSR count). The van der Waals surface area contributed by atoms with Gasteiger partial charge in [-0.05, 0) is 49.6 Å². The van der Waals surface area contributed by atoms with Crippen molar-refractivity contribution < 1.29 is 17.9 Å². The summed E-state index contributed by atoms with van der Waals surface area (Å²) in [5, 5.41) is 8.78. The van der Waals surface area contributed by atoms with E-state index < -0.39 is 10.0 Å². The molecular formula is C15H19NO4S. The van der Waals surface area contributed by atoms with Gasteiger partial charge >= 0.3 is 0 Å². The maximum atomic E-state index is 12.1. The van der Waals surface area contributed by atoms with Gasteiger partial charge in [0.2, 0.25) is 10.0 Å². The molecule has 1 aromatic heterocycles. The number of aliphatic hydroxyl groups is 1. The Morgan fingerprint density at radius 2 is 1.86 bits per heavy atom. The largest absolute Gasteiger partial charge is 0.465 e. The first-order valence-corrected chi connectivity index (χ1v) is 8.24. The number of aliphatic hydroxyl groups excluding tert-OH is 1. The molecule has 1 heterocycles. The Labute approximate surface area is 124 Å². The van der Waals surface area contributed by atoms with Crippen LogP contribution < -0.4 is 4.72 Å². The highest BCUT2D eigenvalue weighted by molar-refractivity contribution is 7.89. The molecule has 0 unspecified atom stereocenters. The molecule has 0 fully saturated rings. The Morgan fingerprint density at radius 3 is 2.43 bits per heavy atom. The number of hydrogen-bond donors (Lipinski definition) is 2. The van der Waals surface area contributed by atoms with Crippen LogP contribution in [-0.2, 0) is 23.0 Å². The summed E-state index contributed by atoms with van der Waals surface area (Å²) in [4.78, 5) is 0.221. The molecule has 0 aliphatic rings. The molecule has 0 saturated carbocycles. The Balaban J connectivity index is 2.01. The average Bonchev–Trinajstić information content (AvgIpc) is 2.89. The Morgan fingerprint density at radius 1 is 1.14 bits per heavy atom. The Hall–Kier alpha value is -1.63. The fourth-order valence-electron chi connectivity index (χ4n) is 1.95. The van der Waals surface area contributed by atoms with Crippen molar-refractivity contribution in [2.45, 2.75) is 31.2 Å². The van der Waals surface area contributed by atoms with E-state index in [-0.39, 0.29) is 18.0 Å². The lowest BCUT2D eigenvalue weighted by molar-refractivity contribution is 0.288. The number of sulfonamides is 1. The molecule has 6 heteroatoms. The van der Waals surface area contributed by atoms with E-state index >= 15 is 0 Å². The summed E-state index contributed by atoms with van der Waals surface area (Å²) in [7, 11) is -3.55. The number of benzene rings is 1. The lowest BCUT2D eigenvalue weighted by Gasteiger charge is -2.06. The van der Waals surface area contributed by atoms with Crippen molar-refractivity contribution in [2.24, 2.45) is 0 Å². The number of hydrogen-bond acceptors (Lipinski definition) is 4. The van der Waals surface area contributed by atoms with Gasteiger partial charge in [-0.25, -0.2) is 13.1 Å². The third-order valence-corrected chi connectivity index (χ3v) is 4.51. The molecule has 1 aromatic carbocycles. The van der Waals surface area contributed by atoms with Crippen molar-refractivity contribution in [3.8, 4) is 0 Å². The van der Waals surface area contributed by atoms with E-state index in [2.05, 4.69) is 4.72 Å². The van der Waals surface area contributed by atoms with Crippen LogP contribution in [0.2, 0.25) is 0 Å². The fraction of sp³-hybridized carbons (Fsp3) is 0.333. The molecule has 114 valence electrons. The van der Waals surface area contributed by atoms with E-state index in [4.69, 9.17) is 9.52 Å². The van der Waals surface area contributed by atoms with E-state index in [0.717, 1.165) is 17.7 Å². The van der Waals surface area contributed by atoms with Gasteiger partial charge in [-0.2, -0.15) is 0 Å². The first-order valence-electron chi connectivity index (χ1n) is 6.76. The standard InChI is InChI=1S/C15H19NO4S/c1-12-4-7-14(20-12)11-16-21(18,19)15-8-5-13(6-9-15)3-2-10-17/h4-9,16-17H,2-3,10-11H2,1H3. The normalized spacial score (nSPS) is 11.7. The summed E-state index contributed by atoms with van der Waals surface area (Å²) in [6.07, 6.45) is 1.40. The minimum atomic E-state index is -3.55. The monoisotopic (exact) mass is 309 g/mol. The predicted molar refractivity (Wildman–Crippen MR) is 79.3 cm³/mol. The van der Waals surface area contributed by atoms with Crippen molar-refractivity contribution >= 4 is 10.0 Å². The lowest BCUT2D eigenvalue weighted by Crippen LogP contribution is -2.23. The molecule has 0 atom stereocenters. The van der Waals surface area contributed by atoms with Crippen molar-refractivity contribution in [3.63, 3.8) is 0 Å². The van der Waals surface area contributed by atoms with Gasteiger partial charge in [-0.15, -0.1) is 0 Å². The molecular weight excluding hydrogens is 290 g/mol. The Bertz CT molecular complexity index is 674. The van der Waals surface area contributed by atoms with Gasteiger partial charge in [-0.1, -0.05) is 12.1 Å². The van der Waals surface area contributed by atoms with Crippen LogP contribution in [0.25, 0.3) is 0 Å². The van der Waals surface area contributed by atoms with Gasteiger partial charge in [0.05, 0.1) is 11.4 Å². The quantitative estimate of drug-likeness (QED) is 0.820. The maximum Gasteiger partial charge on any atom is 0.240 e. The molecule has 0 aliphatic carbocycles. The van der Waals surface area contributed by atoms with Crippen LogP contribution in [0.15, 0.2) is 45.7 Å². The van der Waals surface area contributed by atoms with Crippen molar-refractivity contribution in [1.82, 2.24) is 4.72 Å². The molecule has 0 amide bonds. The molecule has 0 aliphatic heterocycles. The van der Waals surface area contributed by atoms with Crippen molar-refractivity contribution in [2.75, 3.05) is 6.61 Å². The summed E-state index contributed by atoms with van der Waals surface area (Å²) in [5.41, 5.74) is 1.00. The van der Waals surface area contributed by atoms with Crippen LogP contribution in [0.1, 0.15) is 23.5 Å². The third kappa shape index (κ3) is 4.42. The smallest absolute Gasteiger partial charge is 0.240 e. The van der Waals surface area contributed by atoms with Gasteiger partial charge in [0.15, 0.2) is 0 Å². The number of furan rings is 1. The predicted octanol–water partition coefficient (Wildman–Crippen LogP) is 1.99. The summed E-state index contributed by atoms with van der Waals surface area (Å²) >= 11 is 0. The highest BCUT2D eigenvalue weighted by Crippen LogP contribution is 2.13. The zero-order valence-corrected chi connectivity index (χ0v) is 12.7. The zero-order chi connectivity index (χ0) is 15.3. The van der Waals surface area contributed by atoms with E-state index in [1.165, 1.54) is 0 Å². The second-order valence-corrected chi connectivity index (χ2v) is 6.57. The zero-order valence-electron chi connectivity index (χ0n) is 11.9. The number of nitrogens with one attached hydrogen (secondary N) is 1. The molecule has 2 N–H and O–H groups in total. The summed E-state index contributed by atoms with van der Waals surface area (Å²) in [5.74, 6) is 1.33. The highest BCUT2D eigenvalue weighted by atomic mass is 32.2. The first kappa shape index (κ1) is 15.8. The number of rotatable bonds is 7. The summed E-state index contributed by atoms with van der Waals surface area (Å²) in [6, 6.07) is 10.2. The van der Waals surface area contributed by atoms with Crippen LogP contribution in [0.3, 0.4) is 0 Å².